The molecule has 1 unspecified atom stereocenters. The van der Waals surface area contributed by atoms with Crippen molar-refractivity contribution in [1.29, 1.82) is 0 Å². The fourth-order valence-electron chi connectivity index (χ4n) is 2.00. The number of nitrogens with zero attached hydrogens (tertiary/aromatic N) is 2. The number of benzene rings is 1. The third-order valence-corrected chi connectivity index (χ3v) is 3.37. The molecule has 1 atom stereocenters. The molecule has 1 aromatic carbocycles. The summed E-state index contributed by atoms with van der Waals surface area (Å²) in [5, 5.41) is 0. The van der Waals surface area contributed by atoms with Gasteiger partial charge in [-0.2, -0.15) is 0 Å². The Balaban J connectivity index is 2.11. The van der Waals surface area contributed by atoms with Crippen molar-refractivity contribution >= 4 is 5.78 Å². The van der Waals surface area contributed by atoms with Crippen LogP contribution in [-0.4, -0.2) is 28.8 Å². The number of likely N-dealkylation sites (N-methyl/N-ethyl adjacent to an activating group) is 1. The predicted molar refractivity (Wildman–Crippen MR) is 75.9 cm³/mol. The Bertz CT molecular complexity index is 631. The van der Waals surface area contributed by atoms with Crippen LogP contribution in [-0.2, 0) is 6.54 Å². The van der Waals surface area contributed by atoms with E-state index in [0.717, 1.165) is 17.8 Å². The SMILES string of the molecule is CC(C(=O)c1ccc(F)cc1F)N(C)Cc1ccccn1. The van der Waals surface area contributed by atoms with Crippen molar-refractivity contribution in [3.8, 4) is 0 Å². The minimum absolute atomic E-state index is 0.100. The molecule has 0 saturated heterocycles. The van der Waals surface area contributed by atoms with Crippen molar-refractivity contribution in [3.05, 3.63) is 65.5 Å². The van der Waals surface area contributed by atoms with Gasteiger partial charge in [0.2, 0.25) is 0 Å². The number of pyridine rings is 1. The second-order valence-electron chi connectivity index (χ2n) is 4.90. The molecular weight excluding hydrogens is 274 g/mol. The van der Waals surface area contributed by atoms with Crippen LogP contribution in [0, 0.1) is 11.6 Å². The summed E-state index contributed by atoms with van der Waals surface area (Å²) < 4.78 is 26.5. The second kappa shape index (κ2) is 6.54. The van der Waals surface area contributed by atoms with E-state index in [4.69, 9.17) is 0 Å². The molecule has 0 fully saturated rings. The van der Waals surface area contributed by atoms with Crippen LogP contribution < -0.4 is 0 Å². The zero-order chi connectivity index (χ0) is 15.4. The van der Waals surface area contributed by atoms with E-state index in [2.05, 4.69) is 4.98 Å². The number of Topliss-reactive ketones (excluding diaryl/α,β-unsaturated/α-hetero) is 1. The van der Waals surface area contributed by atoms with Gasteiger partial charge < -0.3 is 0 Å². The van der Waals surface area contributed by atoms with E-state index < -0.39 is 17.7 Å². The van der Waals surface area contributed by atoms with Gasteiger partial charge in [0, 0.05) is 18.8 Å². The van der Waals surface area contributed by atoms with Crippen LogP contribution in [0.3, 0.4) is 0 Å². The fourth-order valence-corrected chi connectivity index (χ4v) is 2.00. The van der Waals surface area contributed by atoms with Crippen LogP contribution in [0.25, 0.3) is 0 Å². The molecule has 0 saturated carbocycles. The van der Waals surface area contributed by atoms with Crippen molar-refractivity contribution in [2.75, 3.05) is 7.05 Å². The van der Waals surface area contributed by atoms with Gasteiger partial charge in [-0.15, -0.1) is 0 Å². The molecule has 2 rings (SSSR count). The Hall–Kier alpha value is -2.14. The monoisotopic (exact) mass is 290 g/mol. The highest BCUT2D eigenvalue weighted by Crippen LogP contribution is 2.15. The van der Waals surface area contributed by atoms with Gasteiger partial charge >= 0.3 is 0 Å². The molecule has 0 spiro atoms. The average Bonchev–Trinajstić information content (AvgIpc) is 2.47. The van der Waals surface area contributed by atoms with E-state index >= 15 is 0 Å². The molecule has 0 amide bonds. The molecule has 0 N–H and O–H groups in total. The van der Waals surface area contributed by atoms with Crippen LogP contribution in [0.1, 0.15) is 23.0 Å². The zero-order valence-electron chi connectivity index (χ0n) is 11.9. The number of halogens is 2. The van der Waals surface area contributed by atoms with Gasteiger partial charge in [0.15, 0.2) is 5.78 Å². The van der Waals surface area contributed by atoms with E-state index in [9.17, 15) is 13.6 Å². The largest absolute Gasteiger partial charge is 0.292 e. The first-order valence-electron chi connectivity index (χ1n) is 6.58. The Morgan fingerprint density at radius 3 is 2.67 bits per heavy atom. The number of hydrogen-bond donors (Lipinski definition) is 0. The maximum atomic E-state index is 13.7. The Morgan fingerprint density at radius 2 is 2.05 bits per heavy atom. The van der Waals surface area contributed by atoms with Crippen LogP contribution in [0.5, 0.6) is 0 Å². The lowest BCUT2D eigenvalue weighted by Crippen LogP contribution is -2.36. The van der Waals surface area contributed by atoms with E-state index in [1.165, 1.54) is 6.07 Å². The summed E-state index contributed by atoms with van der Waals surface area (Å²) in [6, 6.07) is 7.98. The third kappa shape index (κ3) is 3.70. The highest BCUT2D eigenvalue weighted by atomic mass is 19.1. The van der Waals surface area contributed by atoms with E-state index in [1.54, 1.807) is 25.1 Å². The van der Waals surface area contributed by atoms with Gasteiger partial charge in [-0.05, 0) is 38.2 Å². The number of ketones is 1. The first kappa shape index (κ1) is 15.3. The van der Waals surface area contributed by atoms with Crippen molar-refractivity contribution in [3.63, 3.8) is 0 Å². The van der Waals surface area contributed by atoms with Gasteiger partial charge in [-0.3, -0.25) is 14.7 Å². The lowest BCUT2D eigenvalue weighted by atomic mass is 10.0. The van der Waals surface area contributed by atoms with Gasteiger partial charge in [-0.1, -0.05) is 6.07 Å². The lowest BCUT2D eigenvalue weighted by molar-refractivity contribution is 0.0856. The number of carbonyl (C=O) groups excluding carboxylic acids is 1. The summed E-state index contributed by atoms with van der Waals surface area (Å²) in [7, 11) is 1.76. The Labute approximate surface area is 122 Å². The predicted octanol–water partition coefficient (Wildman–Crippen LogP) is 3.06. The van der Waals surface area contributed by atoms with Crippen LogP contribution >= 0.6 is 0 Å². The number of rotatable bonds is 5. The topological polar surface area (TPSA) is 33.2 Å². The maximum absolute atomic E-state index is 13.7. The molecular formula is C16H16F2N2O. The molecule has 2 aromatic rings. The van der Waals surface area contributed by atoms with Crippen LogP contribution in [0.2, 0.25) is 0 Å². The van der Waals surface area contributed by atoms with Gasteiger partial charge in [-0.25, -0.2) is 8.78 Å². The summed E-state index contributed by atoms with van der Waals surface area (Å²) in [5.74, 6) is -1.91. The molecule has 0 aliphatic heterocycles. The standard InChI is InChI=1S/C16H16F2N2O/c1-11(20(2)10-13-5-3-4-8-19-13)16(21)14-7-6-12(17)9-15(14)18/h3-9,11H,10H2,1-2H3. The summed E-state index contributed by atoms with van der Waals surface area (Å²) in [4.78, 5) is 18.2. The third-order valence-electron chi connectivity index (χ3n) is 3.37. The van der Waals surface area contributed by atoms with Crippen LogP contribution in [0.15, 0.2) is 42.6 Å². The molecule has 0 aliphatic carbocycles. The zero-order valence-corrected chi connectivity index (χ0v) is 11.9. The first-order chi connectivity index (χ1) is 9.99. The summed E-state index contributed by atoms with van der Waals surface area (Å²) in [6.07, 6.45) is 1.68. The molecule has 21 heavy (non-hydrogen) atoms. The quantitative estimate of drug-likeness (QED) is 0.793. The van der Waals surface area contributed by atoms with Gasteiger partial charge in [0.05, 0.1) is 17.3 Å². The molecule has 110 valence electrons. The lowest BCUT2D eigenvalue weighted by Gasteiger charge is -2.23. The Morgan fingerprint density at radius 1 is 1.29 bits per heavy atom. The molecule has 1 heterocycles. The number of carbonyl (C=O) groups is 1. The highest BCUT2D eigenvalue weighted by molar-refractivity contribution is 6.00. The molecule has 0 radical (unpaired) electrons. The van der Waals surface area contributed by atoms with E-state index in [0.29, 0.717) is 6.54 Å². The van der Waals surface area contributed by atoms with E-state index in [-0.39, 0.29) is 11.3 Å². The molecule has 0 bridgehead atoms. The smallest absolute Gasteiger partial charge is 0.182 e. The molecule has 3 nitrogen and oxygen atoms in total. The van der Waals surface area contributed by atoms with Crippen molar-refractivity contribution in [2.45, 2.75) is 19.5 Å². The second-order valence-corrected chi connectivity index (χ2v) is 4.90. The molecule has 0 aliphatic rings. The summed E-state index contributed by atoms with van der Waals surface area (Å²) in [5.41, 5.74) is 0.719. The first-order valence-corrected chi connectivity index (χ1v) is 6.58. The Kier molecular flexibility index (Phi) is 4.75. The minimum Gasteiger partial charge on any atom is -0.292 e. The molecule has 1 aromatic heterocycles. The van der Waals surface area contributed by atoms with Gasteiger partial charge in [0.1, 0.15) is 11.6 Å². The fraction of sp³-hybridized carbons (Fsp3) is 0.250. The summed E-state index contributed by atoms with van der Waals surface area (Å²) in [6.45, 7) is 2.16. The van der Waals surface area contributed by atoms with Crippen LogP contribution in [0.4, 0.5) is 8.78 Å². The highest BCUT2D eigenvalue weighted by Gasteiger charge is 2.22. The van der Waals surface area contributed by atoms with Crippen molar-refractivity contribution < 1.29 is 13.6 Å². The van der Waals surface area contributed by atoms with Crippen molar-refractivity contribution in [1.82, 2.24) is 9.88 Å². The molecule has 5 heteroatoms. The summed E-state index contributed by atoms with van der Waals surface area (Å²) >= 11 is 0. The van der Waals surface area contributed by atoms with Crippen molar-refractivity contribution in [2.24, 2.45) is 0 Å². The number of hydrogen-bond acceptors (Lipinski definition) is 3. The normalized spacial score (nSPS) is 12.4. The van der Waals surface area contributed by atoms with E-state index in [1.807, 2.05) is 18.2 Å². The number of aromatic nitrogens is 1. The maximum Gasteiger partial charge on any atom is 0.182 e. The minimum atomic E-state index is -0.835. The van der Waals surface area contributed by atoms with Gasteiger partial charge in [0.25, 0.3) is 0 Å². The average molecular weight is 290 g/mol.